The normalized spacial score (nSPS) is 11.6. The summed E-state index contributed by atoms with van der Waals surface area (Å²) in [6.07, 6.45) is 2.62. The number of nitrogens with two attached hydrogens (primary N) is 1. The highest BCUT2D eigenvalue weighted by molar-refractivity contribution is 5.95. The van der Waals surface area contributed by atoms with E-state index in [4.69, 9.17) is 5.84 Å². The lowest BCUT2D eigenvalue weighted by atomic mass is 10.2. The predicted octanol–water partition coefficient (Wildman–Crippen LogP) is 0.402. The molecule has 0 aliphatic carbocycles. The third-order valence-corrected chi connectivity index (χ3v) is 2.83. The third-order valence-electron chi connectivity index (χ3n) is 2.83. The molecule has 0 saturated carbocycles. The number of carbonyl (C=O) groups is 2. The van der Waals surface area contributed by atoms with Crippen molar-refractivity contribution in [3.63, 3.8) is 0 Å². The zero-order valence-corrected chi connectivity index (χ0v) is 11.8. The molecule has 0 saturated heterocycles. The molecule has 7 heteroatoms. The molecule has 0 bridgehead atoms. The van der Waals surface area contributed by atoms with Crippen LogP contribution in [0.3, 0.4) is 0 Å². The first kappa shape index (κ1) is 15.9. The third kappa shape index (κ3) is 5.23. The molecule has 1 atom stereocenters. The summed E-state index contributed by atoms with van der Waals surface area (Å²) in [6, 6.07) is 3.26. The van der Waals surface area contributed by atoms with Crippen LogP contribution in [-0.4, -0.2) is 29.4 Å². The second-order valence-corrected chi connectivity index (χ2v) is 4.46. The molecule has 110 valence electrons. The maximum atomic E-state index is 11.8. The van der Waals surface area contributed by atoms with E-state index in [9.17, 15) is 9.59 Å². The van der Waals surface area contributed by atoms with Gasteiger partial charge in [0.25, 0.3) is 5.91 Å². The minimum Gasteiger partial charge on any atom is -0.354 e. The molecule has 0 aromatic carbocycles. The zero-order valence-electron chi connectivity index (χ0n) is 11.8. The summed E-state index contributed by atoms with van der Waals surface area (Å²) in [5.41, 5.74) is 2.81. The minimum absolute atomic E-state index is 0.0707. The van der Waals surface area contributed by atoms with Gasteiger partial charge in [0, 0.05) is 30.8 Å². The summed E-state index contributed by atoms with van der Waals surface area (Å²) < 4.78 is 0. The van der Waals surface area contributed by atoms with Gasteiger partial charge in [-0.05, 0) is 25.5 Å². The van der Waals surface area contributed by atoms with E-state index in [0.29, 0.717) is 11.4 Å². The standard InChI is InChI=1S/C13H21N5O2/c1-3-9(2)17-12(19)5-7-16-13(20)10-4-6-15-11(8-10)18-14/h4,6,8-9H,3,5,7,14H2,1-2H3,(H,15,18)(H,16,20)(H,17,19). The number of hydrogen-bond acceptors (Lipinski definition) is 5. The van der Waals surface area contributed by atoms with Crippen LogP contribution in [0.25, 0.3) is 0 Å². The number of amides is 2. The van der Waals surface area contributed by atoms with Crippen LogP contribution in [0.4, 0.5) is 5.82 Å². The number of rotatable bonds is 7. The summed E-state index contributed by atoms with van der Waals surface area (Å²) >= 11 is 0. The number of nitrogen functional groups attached to an aromatic ring is 1. The summed E-state index contributed by atoms with van der Waals surface area (Å²) in [7, 11) is 0. The number of aromatic nitrogens is 1. The lowest BCUT2D eigenvalue weighted by Crippen LogP contribution is -2.35. The van der Waals surface area contributed by atoms with Crippen LogP contribution in [0.2, 0.25) is 0 Å². The van der Waals surface area contributed by atoms with Crippen molar-refractivity contribution >= 4 is 17.6 Å². The van der Waals surface area contributed by atoms with Crippen molar-refractivity contribution in [1.82, 2.24) is 15.6 Å². The number of anilines is 1. The van der Waals surface area contributed by atoms with E-state index in [0.717, 1.165) is 6.42 Å². The van der Waals surface area contributed by atoms with Gasteiger partial charge < -0.3 is 16.1 Å². The first-order valence-corrected chi connectivity index (χ1v) is 6.57. The van der Waals surface area contributed by atoms with E-state index < -0.39 is 0 Å². The van der Waals surface area contributed by atoms with Gasteiger partial charge in [-0.25, -0.2) is 10.8 Å². The lowest BCUT2D eigenvalue weighted by Gasteiger charge is -2.11. The van der Waals surface area contributed by atoms with Crippen molar-refractivity contribution in [2.45, 2.75) is 32.7 Å². The average Bonchev–Trinajstić information content (AvgIpc) is 2.46. The SMILES string of the molecule is CCC(C)NC(=O)CCNC(=O)c1ccnc(NN)c1. The van der Waals surface area contributed by atoms with Crippen molar-refractivity contribution in [3.8, 4) is 0 Å². The van der Waals surface area contributed by atoms with Gasteiger partial charge in [-0.3, -0.25) is 9.59 Å². The molecule has 1 heterocycles. The molecule has 1 rings (SSSR count). The maximum Gasteiger partial charge on any atom is 0.251 e. The van der Waals surface area contributed by atoms with Gasteiger partial charge in [-0.2, -0.15) is 0 Å². The number of pyridine rings is 1. The van der Waals surface area contributed by atoms with E-state index in [1.54, 1.807) is 6.07 Å². The Morgan fingerprint density at radius 3 is 2.85 bits per heavy atom. The summed E-state index contributed by atoms with van der Waals surface area (Å²) in [5, 5.41) is 5.51. The fourth-order valence-corrected chi connectivity index (χ4v) is 1.49. The molecule has 7 nitrogen and oxygen atoms in total. The molecule has 1 aromatic heterocycles. The number of nitrogens with one attached hydrogen (secondary N) is 3. The first-order valence-electron chi connectivity index (χ1n) is 6.57. The fraction of sp³-hybridized carbons (Fsp3) is 0.462. The Labute approximate surface area is 118 Å². The second kappa shape index (κ2) is 8.11. The van der Waals surface area contributed by atoms with Crippen LogP contribution >= 0.6 is 0 Å². The molecule has 0 radical (unpaired) electrons. The smallest absolute Gasteiger partial charge is 0.251 e. The van der Waals surface area contributed by atoms with Gasteiger partial charge in [0.15, 0.2) is 0 Å². The van der Waals surface area contributed by atoms with E-state index in [1.807, 2.05) is 13.8 Å². The molecule has 0 aliphatic heterocycles. The van der Waals surface area contributed by atoms with Crippen molar-refractivity contribution in [2.75, 3.05) is 12.0 Å². The van der Waals surface area contributed by atoms with Crippen molar-refractivity contribution in [2.24, 2.45) is 5.84 Å². The Kier molecular flexibility index (Phi) is 6.45. The van der Waals surface area contributed by atoms with Gasteiger partial charge in [-0.1, -0.05) is 6.92 Å². The number of hydrogen-bond donors (Lipinski definition) is 4. The Hall–Kier alpha value is -2.15. The predicted molar refractivity (Wildman–Crippen MR) is 76.9 cm³/mol. The van der Waals surface area contributed by atoms with Crippen LogP contribution in [0, 0.1) is 0 Å². The highest BCUT2D eigenvalue weighted by Gasteiger charge is 2.08. The van der Waals surface area contributed by atoms with Crippen molar-refractivity contribution in [1.29, 1.82) is 0 Å². The zero-order chi connectivity index (χ0) is 15.0. The summed E-state index contributed by atoms with van der Waals surface area (Å²) in [4.78, 5) is 27.3. The molecule has 1 aromatic rings. The van der Waals surface area contributed by atoms with Crippen LogP contribution in [-0.2, 0) is 4.79 Å². The molecule has 1 unspecified atom stereocenters. The van der Waals surface area contributed by atoms with Gasteiger partial charge in [-0.15, -0.1) is 0 Å². The Balaban J connectivity index is 2.38. The van der Waals surface area contributed by atoms with E-state index in [-0.39, 0.29) is 30.8 Å². The Bertz CT molecular complexity index is 464. The molecular weight excluding hydrogens is 258 g/mol. The van der Waals surface area contributed by atoms with Gasteiger partial charge in [0.2, 0.25) is 5.91 Å². The maximum absolute atomic E-state index is 11.8. The van der Waals surface area contributed by atoms with E-state index in [1.165, 1.54) is 12.3 Å². The van der Waals surface area contributed by atoms with Crippen LogP contribution < -0.4 is 21.9 Å². The molecule has 20 heavy (non-hydrogen) atoms. The first-order chi connectivity index (χ1) is 9.56. The fourth-order valence-electron chi connectivity index (χ4n) is 1.49. The van der Waals surface area contributed by atoms with Gasteiger partial charge in [0.05, 0.1) is 0 Å². The number of nitrogens with zero attached hydrogens (tertiary/aromatic N) is 1. The van der Waals surface area contributed by atoms with Gasteiger partial charge >= 0.3 is 0 Å². The van der Waals surface area contributed by atoms with Crippen molar-refractivity contribution in [3.05, 3.63) is 23.9 Å². The van der Waals surface area contributed by atoms with Gasteiger partial charge in [0.1, 0.15) is 5.82 Å². The molecule has 0 aliphatic rings. The average molecular weight is 279 g/mol. The molecule has 5 N–H and O–H groups in total. The van der Waals surface area contributed by atoms with Crippen LogP contribution in [0.5, 0.6) is 0 Å². The minimum atomic E-state index is -0.264. The van der Waals surface area contributed by atoms with E-state index in [2.05, 4.69) is 21.0 Å². The molecule has 0 spiro atoms. The van der Waals surface area contributed by atoms with Crippen molar-refractivity contribution < 1.29 is 9.59 Å². The molecule has 0 fully saturated rings. The second-order valence-electron chi connectivity index (χ2n) is 4.46. The van der Waals surface area contributed by atoms with Crippen LogP contribution in [0.15, 0.2) is 18.3 Å². The largest absolute Gasteiger partial charge is 0.354 e. The number of hydrazine groups is 1. The number of carbonyl (C=O) groups excluding carboxylic acids is 2. The monoisotopic (exact) mass is 279 g/mol. The topological polar surface area (TPSA) is 109 Å². The quantitative estimate of drug-likeness (QED) is 0.427. The molecular formula is C13H21N5O2. The highest BCUT2D eigenvalue weighted by Crippen LogP contribution is 2.04. The Morgan fingerprint density at radius 2 is 2.20 bits per heavy atom. The Morgan fingerprint density at radius 1 is 1.45 bits per heavy atom. The highest BCUT2D eigenvalue weighted by atomic mass is 16.2. The van der Waals surface area contributed by atoms with Crippen LogP contribution in [0.1, 0.15) is 37.0 Å². The summed E-state index contributed by atoms with van der Waals surface area (Å²) in [6.45, 7) is 4.23. The summed E-state index contributed by atoms with van der Waals surface area (Å²) in [5.74, 6) is 5.30. The van der Waals surface area contributed by atoms with E-state index >= 15 is 0 Å². The lowest BCUT2D eigenvalue weighted by molar-refractivity contribution is -0.121. The molecule has 2 amide bonds.